The Morgan fingerprint density at radius 3 is 2.66 bits per heavy atom. The minimum atomic E-state index is -0.0789. The summed E-state index contributed by atoms with van der Waals surface area (Å²) >= 11 is 1.47. The van der Waals surface area contributed by atoms with E-state index in [2.05, 4.69) is 40.7 Å². The van der Waals surface area contributed by atoms with E-state index in [1.807, 2.05) is 17.0 Å². The van der Waals surface area contributed by atoms with Gasteiger partial charge in [-0.2, -0.15) is 0 Å². The van der Waals surface area contributed by atoms with Crippen molar-refractivity contribution in [3.8, 4) is 11.4 Å². The molecule has 8 heteroatoms. The predicted molar refractivity (Wildman–Crippen MR) is 112 cm³/mol. The van der Waals surface area contributed by atoms with Crippen molar-refractivity contribution in [1.82, 2.24) is 19.7 Å². The van der Waals surface area contributed by atoms with Crippen molar-refractivity contribution in [2.45, 2.75) is 44.7 Å². The fraction of sp³-hybridized carbons (Fsp3) is 0.571. The summed E-state index contributed by atoms with van der Waals surface area (Å²) in [6, 6.07) is 8.25. The molecule has 2 aliphatic heterocycles. The monoisotopic (exact) mass is 416 g/mol. The Morgan fingerprint density at radius 2 is 1.97 bits per heavy atom. The van der Waals surface area contributed by atoms with Gasteiger partial charge in [0.15, 0.2) is 17.3 Å². The maximum absolute atomic E-state index is 12.7. The standard InChI is InChI=1S/C21H28N4O3S/c1-3-25-19(17-6-4-5-15(2)13-17)22-23-21(25)29-14-18(26)24-9-7-16(8-10-24)20-27-11-12-28-20/h4-6,13,16,20H,3,7-12,14H2,1-2H3. The van der Waals surface area contributed by atoms with Crippen LogP contribution in [0.1, 0.15) is 25.3 Å². The topological polar surface area (TPSA) is 69.5 Å². The van der Waals surface area contributed by atoms with Gasteiger partial charge in [-0.25, -0.2) is 0 Å². The molecule has 1 amide bonds. The highest BCUT2D eigenvalue weighted by Gasteiger charge is 2.31. The SMILES string of the molecule is CCn1c(SCC(=O)N2CCC(C3OCCO3)CC2)nnc1-c1cccc(C)c1. The molecule has 7 nitrogen and oxygen atoms in total. The van der Waals surface area contributed by atoms with Gasteiger partial charge < -0.3 is 18.9 Å². The lowest BCUT2D eigenvalue weighted by molar-refractivity contribution is -0.134. The number of hydrogen-bond acceptors (Lipinski definition) is 6. The Kier molecular flexibility index (Phi) is 6.52. The van der Waals surface area contributed by atoms with Crippen molar-refractivity contribution in [3.05, 3.63) is 29.8 Å². The van der Waals surface area contributed by atoms with Crippen LogP contribution in [0.3, 0.4) is 0 Å². The molecule has 0 N–H and O–H groups in total. The zero-order valence-corrected chi connectivity index (χ0v) is 17.9. The molecule has 2 aliphatic rings. The van der Waals surface area contributed by atoms with Gasteiger partial charge in [0.2, 0.25) is 5.91 Å². The number of hydrogen-bond donors (Lipinski definition) is 0. The summed E-state index contributed by atoms with van der Waals surface area (Å²) in [7, 11) is 0. The Balaban J connectivity index is 1.34. The molecule has 2 aromatic rings. The number of amides is 1. The quantitative estimate of drug-likeness (QED) is 0.675. The normalized spacial score (nSPS) is 18.5. The van der Waals surface area contributed by atoms with Crippen LogP contribution in [0.2, 0.25) is 0 Å². The first kappa shape index (κ1) is 20.4. The Bertz CT molecular complexity index is 842. The zero-order chi connectivity index (χ0) is 20.2. The van der Waals surface area contributed by atoms with E-state index in [1.54, 1.807) is 0 Å². The summed E-state index contributed by atoms with van der Waals surface area (Å²) in [5.41, 5.74) is 2.24. The van der Waals surface area contributed by atoms with Crippen molar-refractivity contribution in [2.75, 3.05) is 32.1 Å². The predicted octanol–water partition coefficient (Wildman–Crippen LogP) is 2.98. The largest absolute Gasteiger partial charge is 0.350 e. The summed E-state index contributed by atoms with van der Waals surface area (Å²) in [6.07, 6.45) is 1.79. The molecule has 0 radical (unpaired) electrons. The van der Waals surface area contributed by atoms with Gasteiger partial charge in [0.25, 0.3) is 0 Å². The van der Waals surface area contributed by atoms with E-state index in [-0.39, 0.29) is 12.2 Å². The number of thioether (sulfide) groups is 1. The molecule has 0 aliphatic carbocycles. The number of nitrogens with zero attached hydrogens (tertiary/aromatic N) is 4. The molecule has 29 heavy (non-hydrogen) atoms. The number of rotatable bonds is 6. The second-order valence-corrected chi connectivity index (χ2v) is 8.48. The van der Waals surface area contributed by atoms with Crippen molar-refractivity contribution < 1.29 is 14.3 Å². The van der Waals surface area contributed by atoms with E-state index in [0.29, 0.717) is 24.9 Å². The van der Waals surface area contributed by atoms with E-state index in [4.69, 9.17) is 9.47 Å². The Morgan fingerprint density at radius 1 is 1.21 bits per heavy atom. The zero-order valence-electron chi connectivity index (χ0n) is 17.0. The van der Waals surface area contributed by atoms with Crippen LogP contribution < -0.4 is 0 Å². The molecule has 4 rings (SSSR count). The number of ether oxygens (including phenoxy) is 2. The van der Waals surface area contributed by atoms with Gasteiger partial charge in [0, 0.05) is 31.1 Å². The van der Waals surface area contributed by atoms with Crippen LogP contribution in [0.25, 0.3) is 11.4 Å². The van der Waals surface area contributed by atoms with Crippen molar-refractivity contribution >= 4 is 17.7 Å². The van der Waals surface area contributed by atoms with Crippen LogP contribution in [0.4, 0.5) is 0 Å². The molecule has 2 fully saturated rings. The van der Waals surface area contributed by atoms with Crippen molar-refractivity contribution in [3.63, 3.8) is 0 Å². The first-order valence-electron chi connectivity index (χ1n) is 10.3. The molecule has 3 heterocycles. The van der Waals surface area contributed by atoms with Crippen LogP contribution in [0.5, 0.6) is 0 Å². The van der Waals surface area contributed by atoms with E-state index < -0.39 is 0 Å². The second kappa shape index (κ2) is 9.28. The smallest absolute Gasteiger partial charge is 0.233 e. The Labute approximate surface area is 175 Å². The minimum Gasteiger partial charge on any atom is -0.350 e. The fourth-order valence-electron chi connectivity index (χ4n) is 3.97. The third kappa shape index (κ3) is 4.65. The first-order valence-corrected chi connectivity index (χ1v) is 11.3. The summed E-state index contributed by atoms with van der Waals surface area (Å²) in [6.45, 7) is 7.81. The van der Waals surface area contributed by atoms with Crippen LogP contribution in [-0.2, 0) is 20.8 Å². The molecule has 0 bridgehead atoms. The lowest BCUT2D eigenvalue weighted by atomic mass is 9.96. The lowest BCUT2D eigenvalue weighted by Crippen LogP contribution is -2.42. The minimum absolute atomic E-state index is 0.0789. The summed E-state index contributed by atoms with van der Waals surface area (Å²) in [5.74, 6) is 1.79. The molecule has 1 aromatic heterocycles. The average molecular weight is 417 g/mol. The van der Waals surface area contributed by atoms with Crippen molar-refractivity contribution in [1.29, 1.82) is 0 Å². The van der Waals surface area contributed by atoms with E-state index in [0.717, 1.165) is 49.0 Å². The maximum atomic E-state index is 12.7. The number of carbonyl (C=O) groups is 1. The second-order valence-electron chi connectivity index (χ2n) is 7.54. The third-order valence-electron chi connectivity index (χ3n) is 5.56. The van der Waals surface area contributed by atoms with E-state index in [9.17, 15) is 4.79 Å². The van der Waals surface area contributed by atoms with Gasteiger partial charge in [0.05, 0.1) is 19.0 Å². The molecule has 0 saturated carbocycles. The number of likely N-dealkylation sites (tertiary alicyclic amines) is 1. The average Bonchev–Trinajstić information content (AvgIpc) is 3.42. The molecular weight excluding hydrogens is 388 g/mol. The highest BCUT2D eigenvalue weighted by atomic mass is 32.2. The summed E-state index contributed by atoms with van der Waals surface area (Å²) < 4.78 is 13.3. The molecule has 0 atom stereocenters. The molecule has 156 valence electrons. The molecule has 0 unspecified atom stereocenters. The van der Waals surface area contributed by atoms with Gasteiger partial charge in [-0.3, -0.25) is 4.79 Å². The molecule has 1 aromatic carbocycles. The number of piperidine rings is 1. The van der Waals surface area contributed by atoms with Crippen molar-refractivity contribution in [2.24, 2.45) is 5.92 Å². The maximum Gasteiger partial charge on any atom is 0.233 e. The van der Waals surface area contributed by atoms with Gasteiger partial charge in [-0.1, -0.05) is 35.5 Å². The molecule has 0 spiro atoms. The highest BCUT2D eigenvalue weighted by molar-refractivity contribution is 7.99. The highest BCUT2D eigenvalue weighted by Crippen LogP contribution is 2.28. The molecule has 2 saturated heterocycles. The van der Waals surface area contributed by atoms with Gasteiger partial charge in [0.1, 0.15) is 0 Å². The van der Waals surface area contributed by atoms with Crippen LogP contribution in [0, 0.1) is 12.8 Å². The fourth-order valence-corrected chi connectivity index (χ4v) is 4.87. The number of carbonyl (C=O) groups excluding carboxylic acids is 1. The van der Waals surface area contributed by atoms with Crippen LogP contribution in [-0.4, -0.2) is 63.9 Å². The Hall–Kier alpha value is -1.90. The number of benzene rings is 1. The van der Waals surface area contributed by atoms with Crippen LogP contribution in [0.15, 0.2) is 29.4 Å². The van der Waals surface area contributed by atoms with E-state index in [1.165, 1.54) is 17.3 Å². The van der Waals surface area contributed by atoms with Crippen LogP contribution >= 0.6 is 11.8 Å². The lowest BCUT2D eigenvalue weighted by Gasteiger charge is -2.33. The van der Waals surface area contributed by atoms with Gasteiger partial charge in [-0.05, 0) is 32.8 Å². The van der Waals surface area contributed by atoms with Gasteiger partial charge >= 0.3 is 0 Å². The van der Waals surface area contributed by atoms with E-state index >= 15 is 0 Å². The third-order valence-corrected chi connectivity index (χ3v) is 6.51. The summed E-state index contributed by atoms with van der Waals surface area (Å²) in [4.78, 5) is 14.7. The summed E-state index contributed by atoms with van der Waals surface area (Å²) in [5, 5.41) is 9.52. The first-order chi connectivity index (χ1) is 14.2. The van der Waals surface area contributed by atoms with Gasteiger partial charge in [-0.15, -0.1) is 10.2 Å². The molecular formula is C21H28N4O3S. The number of aryl methyl sites for hydroxylation is 1. The number of aromatic nitrogens is 3.